The number of aromatic nitrogens is 4. The van der Waals surface area contributed by atoms with Crippen LogP contribution in [0.25, 0.3) is 43.6 Å². The van der Waals surface area contributed by atoms with Crippen molar-refractivity contribution >= 4 is 67.4 Å². The van der Waals surface area contributed by atoms with E-state index in [-0.39, 0.29) is 54.2 Å². The number of phenols is 4. The van der Waals surface area contributed by atoms with Crippen LogP contribution in [0.15, 0.2) is 97.6 Å². The number of hydrogen-bond acceptors (Lipinski definition) is 10. The Bertz CT molecular complexity index is 2750. The van der Waals surface area contributed by atoms with Crippen LogP contribution in [0.5, 0.6) is 23.0 Å². The molecule has 0 bridgehead atoms. The monoisotopic (exact) mass is 862 g/mol. The summed E-state index contributed by atoms with van der Waals surface area (Å²) in [5.74, 6) is -3.23. The minimum atomic E-state index is -1.19. The maximum atomic E-state index is 12.6. The summed E-state index contributed by atoms with van der Waals surface area (Å²) in [5, 5.41) is 65.9. The molecule has 0 aliphatic heterocycles. The molecule has 0 saturated carbocycles. The van der Waals surface area contributed by atoms with Crippen molar-refractivity contribution in [2.75, 3.05) is 0 Å². The van der Waals surface area contributed by atoms with Gasteiger partial charge in [-0.1, -0.05) is 0 Å². The lowest BCUT2D eigenvalue weighted by molar-refractivity contribution is -0.142. The minimum Gasteiger partial charge on any atom is -0.508 e. The molecule has 18 N–H and O–H groups in total. The first kappa shape index (κ1) is 44.5. The van der Waals surface area contributed by atoms with Crippen LogP contribution in [0.4, 0.5) is 0 Å². The van der Waals surface area contributed by atoms with E-state index in [0.29, 0.717) is 21.9 Å². The molecule has 8 rings (SSSR count). The Morgan fingerprint density at radius 1 is 0.460 bits per heavy atom. The number of amides is 2. The van der Waals surface area contributed by atoms with Crippen LogP contribution in [-0.2, 0) is 44.9 Å². The summed E-state index contributed by atoms with van der Waals surface area (Å²) in [6.07, 6.45) is 7.13. The summed E-state index contributed by atoms with van der Waals surface area (Å²) < 4.78 is 0. The highest BCUT2D eigenvalue weighted by atomic mass is 16.4. The number of carboxylic acids is 2. The predicted octanol–water partition coefficient (Wildman–Crippen LogP) is 2.66. The normalized spacial score (nSPS) is 13.1. The molecule has 4 heterocycles. The number of rotatable bonds is 14. The number of H-pyrrole nitrogens is 4. The lowest BCUT2D eigenvalue weighted by Crippen LogP contribution is -2.50. The number of carbonyl (C=O) groups is 4. The smallest absolute Gasteiger partial charge is 0.326 e. The summed E-state index contributed by atoms with van der Waals surface area (Å²) in [6, 6.07) is 14.9. The maximum absolute atomic E-state index is 12.6. The van der Waals surface area contributed by atoms with Crippen molar-refractivity contribution in [2.24, 2.45) is 11.5 Å². The maximum Gasteiger partial charge on any atom is 0.326 e. The van der Waals surface area contributed by atoms with Gasteiger partial charge in [0.2, 0.25) is 11.8 Å². The Kier molecular flexibility index (Phi) is 13.2. The first-order chi connectivity index (χ1) is 29.6. The molecular formula is C44H46N8O11. The highest BCUT2D eigenvalue weighted by molar-refractivity contribution is 5.92. The van der Waals surface area contributed by atoms with Gasteiger partial charge in [0.1, 0.15) is 35.1 Å². The zero-order valence-corrected chi connectivity index (χ0v) is 33.3. The van der Waals surface area contributed by atoms with Gasteiger partial charge in [0.05, 0.1) is 12.1 Å². The van der Waals surface area contributed by atoms with Crippen molar-refractivity contribution in [3.05, 3.63) is 120 Å². The predicted molar refractivity (Wildman–Crippen MR) is 233 cm³/mol. The standard InChI is InChI=1S/2C22H22N4O5.H2O/c2*23-17(5-11-9-24-18-3-1-13(27)7-15(11)18)21(29)26-20(22(30)31)6-12-10-25-19-4-2-14(28)8-16(12)19;/h2*1-4,7-10,17,20,24-25,27-28H,5-6,23H2,(H,26,29)(H,30,31);1H2/t2*17-,20-;/m00./s1. The second-order valence-corrected chi connectivity index (χ2v) is 15.0. The molecule has 0 aliphatic carbocycles. The Hall–Kier alpha value is -8.00. The van der Waals surface area contributed by atoms with Crippen molar-refractivity contribution in [3.63, 3.8) is 0 Å². The summed E-state index contributed by atoms with van der Waals surface area (Å²) in [5.41, 5.74) is 18.0. The number of nitrogens with one attached hydrogen (secondary N) is 6. The Morgan fingerprint density at radius 2 is 0.714 bits per heavy atom. The SMILES string of the molecule is N[C@@H](Cc1c[nH]c2ccc(O)cc12)C(=O)N[C@@H](Cc1c[nH]c2ccc(O)cc12)C(=O)O.N[C@@H](Cc1c[nH]c2ccc(O)cc12)C(=O)N[C@@H](Cc1c[nH]c2ccc(O)cc12)C(=O)O.O. The molecule has 0 saturated heterocycles. The molecule has 2 amide bonds. The van der Waals surface area contributed by atoms with E-state index in [9.17, 15) is 49.8 Å². The number of carboxylic acid groups (broad SMARTS) is 2. The molecule has 8 aromatic rings. The second kappa shape index (κ2) is 18.7. The van der Waals surface area contributed by atoms with Gasteiger partial charge >= 0.3 is 11.9 Å². The zero-order valence-electron chi connectivity index (χ0n) is 33.3. The third-order valence-corrected chi connectivity index (χ3v) is 10.6. The number of phenolic OH excluding ortho intramolecular Hbond substituents is 4. The van der Waals surface area contributed by atoms with E-state index in [2.05, 4.69) is 30.6 Å². The number of aromatic hydroxyl groups is 4. The fourth-order valence-corrected chi connectivity index (χ4v) is 7.40. The molecular weight excluding hydrogens is 817 g/mol. The van der Waals surface area contributed by atoms with Crippen LogP contribution >= 0.6 is 0 Å². The van der Waals surface area contributed by atoms with E-state index in [1.165, 1.54) is 12.1 Å². The van der Waals surface area contributed by atoms with Gasteiger partial charge in [-0.3, -0.25) is 9.59 Å². The number of aliphatic carboxylic acids is 2. The molecule has 0 radical (unpaired) electrons. The van der Waals surface area contributed by atoms with Gasteiger partial charge in [0.25, 0.3) is 0 Å². The molecule has 0 aliphatic rings. The lowest BCUT2D eigenvalue weighted by Gasteiger charge is -2.17. The molecule has 4 aromatic heterocycles. The molecule has 328 valence electrons. The van der Waals surface area contributed by atoms with E-state index >= 15 is 0 Å². The van der Waals surface area contributed by atoms with E-state index in [4.69, 9.17) is 11.5 Å². The quantitative estimate of drug-likeness (QED) is 0.0750. The molecule has 4 atom stereocenters. The first-order valence-corrected chi connectivity index (χ1v) is 19.4. The van der Waals surface area contributed by atoms with Crippen LogP contribution in [-0.4, -0.2) is 104 Å². The van der Waals surface area contributed by atoms with Gasteiger partial charge in [-0.05, 0) is 108 Å². The Morgan fingerprint density at radius 3 is 0.968 bits per heavy atom. The van der Waals surface area contributed by atoms with Gasteiger partial charge in [-0.15, -0.1) is 0 Å². The molecule has 19 nitrogen and oxygen atoms in total. The van der Waals surface area contributed by atoms with Crippen molar-refractivity contribution in [2.45, 2.75) is 49.9 Å². The van der Waals surface area contributed by atoms with Gasteiger partial charge < -0.3 is 78.2 Å². The van der Waals surface area contributed by atoms with Gasteiger partial charge in [-0.2, -0.15) is 0 Å². The highest BCUT2D eigenvalue weighted by Crippen LogP contribution is 2.27. The van der Waals surface area contributed by atoms with Crippen LogP contribution < -0.4 is 22.1 Å². The van der Waals surface area contributed by atoms with Crippen molar-refractivity contribution in [1.82, 2.24) is 30.6 Å². The summed E-state index contributed by atoms with van der Waals surface area (Å²) in [4.78, 5) is 60.9. The molecule has 0 fully saturated rings. The molecule has 63 heavy (non-hydrogen) atoms. The van der Waals surface area contributed by atoms with Crippen molar-refractivity contribution in [3.8, 4) is 23.0 Å². The summed E-state index contributed by atoms with van der Waals surface area (Å²) >= 11 is 0. The first-order valence-electron chi connectivity index (χ1n) is 19.4. The summed E-state index contributed by atoms with van der Waals surface area (Å²) in [7, 11) is 0. The lowest BCUT2D eigenvalue weighted by atomic mass is 10.0. The molecule has 0 spiro atoms. The Labute approximate surface area is 356 Å². The second-order valence-electron chi connectivity index (χ2n) is 15.0. The number of nitrogens with two attached hydrogens (primary N) is 2. The number of benzene rings is 4. The average molecular weight is 863 g/mol. The molecule has 0 unspecified atom stereocenters. The minimum absolute atomic E-state index is 0. The molecule has 4 aromatic carbocycles. The van der Waals surface area contributed by atoms with Crippen LogP contribution in [0, 0.1) is 0 Å². The fourth-order valence-electron chi connectivity index (χ4n) is 7.40. The average Bonchev–Trinajstić information content (AvgIpc) is 4.03. The van der Waals surface area contributed by atoms with Gasteiger partial charge in [0, 0.05) is 81.2 Å². The van der Waals surface area contributed by atoms with Crippen molar-refractivity contribution in [1.29, 1.82) is 0 Å². The topological polar surface area (TPSA) is 360 Å². The van der Waals surface area contributed by atoms with Gasteiger partial charge in [-0.25, -0.2) is 9.59 Å². The van der Waals surface area contributed by atoms with Crippen LogP contribution in [0.3, 0.4) is 0 Å². The van der Waals surface area contributed by atoms with E-state index in [1.807, 2.05) is 0 Å². The van der Waals surface area contributed by atoms with E-state index in [1.54, 1.807) is 85.5 Å². The number of fused-ring (bicyclic) bond motifs is 4. The van der Waals surface area contributed by atoms with E-state index in [0.717, 1.165) is 44.0 Å². The van der Waals surface area contributed by atoms with Gasteiger partial charge in [0.15, 0.2) is 0 Å². The van der Waals surface area contributed by atoms with Crippen LogP contribution in [0.2, 0.25) is 0 Å². The molecule has 19 heteroatoms. The number of hydrogen-bond donors (Lipinski definition) is 14. The number of carbonyl (C=O) groups excluding carboxylic acids is 2. The van der Waals surface area contributed by atoms with Crippen LogP contribution in [0.1, 0.15) is 22.3 Å². The fraction of sp³-hybridized carbons (Fsp3) is 0.182. The third kappa shape index (κ3) is 10.1. The highest BCUT2D eigenvalue weighted by Gasteiger charge is 2.27. The third-order valence-electron chi connectivity index (χ3n) is 10.6. The summed E-state index contributed by atoms with van der Waals surface area (Å²) in [6.45, 7) is 0. The van der Waals surface area contributed by atoms with E-state index < -0.39 is 47.9 Å². The zero-order chi connectivity index (χ0) is 44.2. The largest absolute Gasteiger partial charge is 0.508 e. The van der Waals surface area contributed by atoms with Crippen molar-refractivity contribution < 1.29 is 55.3 Å². The Balaban J connectivity index is 0.000000206. The number of aromatic amines is 4.